The van der Waals surface area contributed by atoms with E-state index in [4.69, 9.17) is 4.74 Å². The van der Waals surface area contributed by atoms with E-state index in [1.165, 1.54) is 0 Å². The maximum atomic E-state index is 13.4. The zero-order valence-electron chi connectivity index (χ0n) is 15.7. The van der Waals surface area contributed by atoms with Crippen molar-refractivity contribution in [2.75, 3.05) is 32.8 Å². The number of rotatable bonds is 3. The average Bonchev–Trinajstić information content (AvgIpc) is 2.95. The summed E-state index contributed by atoms with van der Waals surface area (Å²) in [6.07, 6.45) is 4.12. The second-order valence-corrected chi connectivity index (χ2v) is 9.19. The number of hydrogen-bond acceptors (Lipinski definition) is 5. The van der Waals surface area contributed by atoms with Crippen molar-refractivity contribution in [2.24, 2.45) is 0 Å². The zero-order chi connectivity index (χ0) is 19.0. The fraction of sp³-hybridized carbons (Fsp3) is 0.550. The number of ether oxygens (including phenoxy) is 1. The van der Waals surface area contributed by atoms with Crippen molar-refractivity contribution >= 4 is 21.4 Å². The molecule has 1 amide bonds. The summed E-state index contributed by atoms with van der Waals surface area (Å²) in [6, 6.07) is 7.30. The largest absolute Gasteiger partial charge is 0.378 e. The van der Waals surface area contributed by atoms with Gasteiger partial charge in [-0.2, -0.15) is 0 Å². The molecule has 0 saturated carbocycles. The molecule has 0 aromatic heterocycles. The molecule has 0 N–H and O–H groups in total. The van der Waals surface area contributed by atoms with Crippen LogP contribution in [-0.2, 0) is 19.4 Å². The molecule has 0 spiro atoms. The third-order valence-corrected chi connectivity index (χ3v) is 7.63. The lowest BCUT2D eigenvalue weighted by Crippen LogP contribution is -2.44. The van der Waals surface area contributed by atoms with Gasteiger partial charge in [0.25, 0.3) is 5.91 Å². The lowest BCUT2D eigenvalue weighted by molar-refractivity contribution is -0.130. The van der Waals surface area contributed by atoms with E-state index in [1.807, 2.05) is 12.1 Å². The number of amides is 1. The molecule has 3 heterocycles. The summed E-state index contributed by atoms with van der Waals surface area (Å²) >= 11 is 0. The molecule has 7 heteroatoms. The van der Waals surface area contributed by atoms with Crippen LogP contribution in [0.2, 0.25) is 0 Å². The molecular formula is C20H26N2O4S. The minimum Gasteiger partial charge on any atom is -0.378 e. The highest BCUT2D eigenvalue weighted by atomic mass is 32.2. The van der Waals surface area contributed by atoms with Gasteiger partial charge in [-0.15, -0.1) is 0 Å². The van der Waals surface area contributed by atoms with E-state index in [9.17, 15) is 13.2 Å². The number of sulfone groups is 1. The Kier molecular flexibility index (Phi) is 4.99. The van der Waals surface area contributed by atoms with Gasteiger partial charge < -0.3 is 14.5 Å². The second-order valence-electron chi connectivity index (χ2n) is 7.33. The molecule has 4 rings (SSSR count). The maximum Gasteiger partial charge on any atom is 0.268 e. The van der Waals surface area contributed by atoms with E-state index in [-0.39, 0.29) is 21.7 Å². The molecule has 0 aliphatic carbocycles. The van der Waals surface area contributed by atoms with Crippen LogP contribution in [0.4, 0.5) is 0 Å². The number of fused-ring (bicyclic) bond motifs is 1. The molecule has 1 atom stereocenters. The van der Waals surface area contributed by atoms with Crippen molar-refractivity contribution in [2.45, 2.75) is 43.5 Å². The van der Waals surface area contributed by atoms with Crippen LogP contribution in [0.15, 0.2) is 34.1 Å². The smallest absolute Gasteiger partial charge is 0.268 e. The molecule has 3 aliphatic rings. The van der Waals surface area contributed by atoms with Gasteiger partial charge in [0.2, 0.25) is 9.84 Å². The first-order chi connectivity index (χ1) is 13.1. The van der Waals surface area contributed by atoms with Crippen LogP contribution in [0.1, 0.15) is 38.2 Å². The SMILES string of the molecule is CC[C@H]1CCCCN1C1=C(C(=O)N2CCOCC2)S(=O)(=O)c2ccccc21. The summed E-state index contributed by atoms with van der Waals surface area (Å²) in [5, 5.41) is 0. The molecule has 27 heavy (non-hydrogen) atoms. The molecule has 0 bridgehead atoms. The first-order valence-electron chi connectivity index (χ1n) is 9.78. The highest BCUT2D eigenvalue weighted by Crippen LogP contribution is 2.44. The Balaban J connectivity index is 1.87. The van der Waals surface area contributed by atoms with Crippen molar-refractivity contribution in [3.8, 4) is 0 Å². The molecule has 3 aliphatic heterocycles. The van der Waals surface area contributed by atoms with Gasteiger partial charge in [0.1, 0.15) is 0 Å². The highest BCUT2D eigenvalue weighted by Gasteiger charge is 2.44. The highest BCUT2D eigenvalue weighted by molar-refractivity contribution is 7.97. The van der Waals surface area contributed by atoms with E-state index in [0.717, 1.165) is 32.2 Å². The van der Waals surface area contributed by atoms with Crippen LogP contribution in [0, 0.1) is 0 Å². The van der Waals surface area contributed by atoms with Gasteiger partial charge >= 0.3 is 0 Å². The summed E-state index contributed by atoms with van der Waals surface area (Å²) in [7, 11) is -3.82. The molecule has 1 aromatic rings. The molecule has 2 fully saturated rings. The predicted molar refractivity (Wildman–Crippen MR) is 103 cm³/mol. The summed E-state index contributed by atoms with van der Waals surface area (Å²) < 4.78 is 32.0. The number of benzene rings is 1. The van der Waals surface area contributed by atoms with Crippen LogP contribution in [-0.4, -0.2) is 63.0 Å². The van der Waals surface area contributed by atoms with Crippen molar-refractivity contribution in [1.82, 2.24) is 9.80 Å². The number of piperidine rings is 1. The zero-order valence-corrected chi connectivity index (χ0v) is 16.5. The van der Waals surface area contributed by atoms with Crippen LogP contribution >= 0.6 is 0 Å². The molecule has 0 radical (unpaired) electrons. The lowest BCUT2D eigenvalue weighted by atomic mass is 9.97. The van der Waals surface area contributed by atoms with E-state index >= 15 is 0 Å². The van der Waals surface area contributed by atoms with Gasteiger partial charge in [-0.3, -0.25) is 4.79 Å². The molecule has 146 valence electrons. The number of hydrogen-bond donors (Lipinski definition) is 0. The summed E-state index contributed by atoms with van der Waals surface area (Å²) in [4.78, 5) is 17.4. The van der Waals surface area contributed by atoms with Gasteiger partial charge in [0, 0.05) is 31.2 Å². The fourth-order valence-corrected chi connectivity index (χ4v) is 6.16. The van der Waals surface area contributed by atoms with Crippen LogP contribution in [0.25, 0.3) is 5.70 Å². The first kappa shape index (κ1) is 18.5. The second kappa shape index (κ2) is 7.28. The normalized spacial score (nSPS) is 24.9. The third kappa shape index (κ3) is 3.06. The minimum absolute atomic E-state index is 0.0362. The van der Waals surface area contributed by atoms with Crippen LogP contribution < -0.4 is 0 Å². The van der Waals surface area contributed by atoms with E-state index in [2.05, 4.69) is 11.8 Å². The van der Waals surface area contributed by atoms with E-state index in [0.29, 0.717) is 37.6 Å². The van der Waals surface area contributed by atoms with Crippen LogP contribution in [0.3, 0.4) is 0 Å². The maximum absolute atomic E-state index is 13.4. The Bertz CT molecular complexity index is 872. The molecule has 6 nitrogen and oxygen atoms in total. The number of carbonyl (C=O) groups is 1. The Morgan fingerprint density at radius 1 is 1.15 bits per heavy atom. The monoisotopic (exact) mass is 390 g/mol. The quantitative estimate of drug-likeness (QED) is 0.792. The fourth-order valence-electron chi connectivity index (χ4n) is 4.39. The Labute approximate surface area is 160 Å². The topological polar surface area (TPSA) is 66.9 Å². The number of nitrogens with zero attached hydrogens (tertiary/aromatic N) is 2. The van der Waals surface area contributed by atoms with Gasteiger partial charge in [0.15, 0.2) is 4.91 Å². The molecular weight excluding hydrogens is 364 g/mol. The van der Waals surface area contributed by atoms with Crippen molar-refractivity contribution in [3.63, 3.8) is 0 Å². The molecule has 0 unspecified atom stereocenters. The first-order valence-corrected chi connectivity index (χ1v) is 11.3. The summed E-state index contributed by atoms with van der Waals surface area (Å²) in [5.74, 6) is -0.384. The average molecular weight is 391 g/mol. The van der Waals surface area contributed by atoms with Gasteiger partial charge in [-0.25, -0.2) is 8.42 Å². The van der Waals surface area contributed by atoms with E-state index < -0.39 is 9.84 Å². The predicted octanol–water partition coefficient (Wildman–Crippen LogP) is 2.27. The van der Waals surface area contributed by atoms with Crippen molar-refractivity contribution in [3.05, 3.63) is 34.7 Å². The van der Waals surface area contributed by atoms with Gasteiger partial charge in [-0.1, -0.05) is 25.1 Å². The van der Waals surface area contributed by atoms with Crippen LogP contribution in [0.5, 0.6) is 0 Å². The number of morpholine rings is 1. The van der Waals surface area contributed by atoms with Gasteiger partial charge in [0.05, 0.1) is 23.8 Å². The molecule has 1 aromatic carbocycles. The van der Waals surface area contributed by atoms with Gasteiger partial charge in [-0.05, 0) is 31.7 Å². The summed E-state index contributed by atoms with van der Waals surface area (Å²) in [5.41, 5.74) is 1.29. The Morgan fingerprint density at radius 2 is 1.89 bits per heavy atom. The number of likely N-dealkylation sites (tertiary alicyclic amines) is 1. The van der Waals surface area contributed by atoms with E-state index in [1.54, 1.807) is 17.0 Å². The summed E-state index contributed by atoms with van der Waals surface area (Å²) in [6.45, 7) is 4.67. The Hall–Kier alpha value is -1.86. The third-order valence-electron chi connectivity index (χ3n) is 5.79. The standard InChI is InChI=1S/C20H26N2O4S/c1-2-15-7-5-6-10-22(15)18-16-8-3-4-9-17(16)27(24,25)19(18)20(23)21-11-13-26-14-12-21/h3-4,8-9,15H,2,5-7,10-14H2,1H3/t15-/m0/s1. The Morgan fingerprint density at radius 3 is 2.63 bits per heavy atom. The number of carbonyl (C=O) groups excluding carboxylic acids is 1. The lowest BCUT2D eigenvalue weighted by Gasteiger charge is -2.39. The molecule has 2 saturated heterocycles. The minimum atomic E-state index is -3.82. The van der Waals surface area contributed by atoms with Crippen molar-refractivity contribution in [1.29, 1.82) is 0 Å². The van der Waals surface area contributed by atoms with Crippen molar-refractivity contribution < 1.29 is 17.9 Å².